The molecule has 2 aromatic heterocycles. The van der Waals surface area contributed by atoms with Gasteiger partial charge in [0.15, 0.2) is 0 Å². The Morgan fingerprint density at radius 2 is 2.15 bits per heavy atom. The minimum absolute atomic E-state index is 0.286. The summed E-state index contributed by atoms with van der Waals surface area (Å²) in [6.07, 6.45) is 3.19. The number of aromatic nitrogens is 4. The molecule has 0 fully saturated rings. The summed E-state index contributed by atoms with van der Waals surface area (Å²) in [6.45, 7) is 5.20. The molecule has 0 saturated carbocycles. The lowest BCUT2D eigenvalue weighted by atomic mass is 10.2. The first-order valence-electron chi connectivity index (χ1n) is 8.49. The van der Waals surface area contributed by atoms with Gasteiger partial charge in [-0.05, 0) is 31.5 Å². The van der Waals surface area contributed by atoms with Crippen LogP contribution in [0.1, 0.15) is 41.1 Å². The van der Waals surface area contributed by atoms with E-state index in [0.717, 1.165) is 18.2 Å². The maximum Gasteiger partial charge on any atom is 0.276 e. The van der Waals surface area contributed by atoms with E-state index >= 15 is 0 Å². The van der Waals surface area contributed by atoms with Crippen LogP contribution in [0.25, 0.3) is 11.0 Å². The van der Waals surface area contributed by atoms with Crippen LogP contribution in [0.2, 0.25) is 0 Å². The average molecular weight is 355 g/mol. The van der Waals surface area contributed by atoms with Crippen LogP contribution in [-0.2, 0) is 13.1 Å². The van der Waals surface area contributed by atoms with Crippen LogP contribution in [0.4, 0.5) is 5.95 Å². The fourth-order valence-corrected chi connectivity index (χ4v) is 2.95. The number of aryl methyl sites for hydroxylation is 2. The summed E-state index contributed by atoms with van der Waals surface area (Å²) in [5, 5.41) is 6.98. The van der Waals surface area contributed by atoms with Gasteiger partial charge in [0.25, 0.3) is 5.91 Å². The van der Waals surface area contributed by atoms with Crippen LogP contribution in [0.15, 0.2) is 24.4 Å². The van der Waals surface area contributed by atoms with Crippen molar-refractivity contribution in [1.82, 2.24) is 19.3 Å². The van der Waals surface area contributed by atoms with Gasteiger partial charge in [0.1, 0.15) is 23.2 Å². The van der Waals surface area contributed by atoms with Crippen LogP contribution in [0.5, 0.6) is 5.75 Å². The molecule has 0 unspecified atom stereocenters. The van der Waals surface area contributed by atoms with E-state index in [2.05, 4.69) is 15.4 Å². The highest BCUT2D eigenvalue weighted by Gasteiger charge is 2.19. The molecule has 0 saturated heterocycles. The highest BCUT2D eigenvalue weighted by atomic mass is 16.5. The number of benzene rings is 1. The number of anilines is 1. The smallest absolute Gasteiger partial charge is 0.276 e. The number of methoxy groups -OCH3 is 1. The molecule has 8 heteroatoms. The second kappa shape index (κ2) is 7.38. The van der Waals surface area contributed by atoms with Crippen molar-refractivity contribution < 1.29 is 14.3 Å². The minimum Gasteiger partial charge on any atom is -0.494 e. The van der Waals surface area contributed by atoms with Crippen LogP contribution in [0.3, 0.4) is 0 Å². The van der Waals surface area contributed by atoms with Gasteiger partial charge in [-0.25, -0.2) is 4.98 Å². The molecule has 0 radical (unpaired) electrons. The van der Waals surface area contributed by atoms with Crippen molar-refractivity contribution in [2.24, 2.45) is 0 Å². The Morgan fingerprint density at radius 1 is 1.35 bits per heavy atom. The molecule has 0 aliphatic heterocycles. The minimum atomic E-state index is -0.286. The van der Waals surface area contributed by atoms with Crippen molar-refractivity contribution >= 4 is 29.2 Å². The zero-order valence-corrected chi connectivity index (χ0v) is 15.0. The van der Waals surface area contributed by atoms with Gasteiger partial charge in [-0.1, -0.05) is 6.92 Å². The molecule has 3 aromatic rings. The van der Waals surface area contributed by atoms with Crippen LogP contribution >= 0.6 is 0 Å². The van der Waals surface area contributed by atoms with Gasteiger partial charge in [-0.15, -0.1) is 0 Å². The number of nitrogens with one attached hydrogen (secondary N) is 1. The van der Waals surface area contributed by atoms with E-state index in [1.165, 1.54) is 0 Å². The Hall–Kier alpha value is -3.16. The van der Waals surface area contributed by atoms with Gasteiger partial charge in [0.2, 0.25) is 5.95 Å². The molecular formula is C18H21N5O3. The second-order valence-corrected chi connectivity index (χ2v) is 5.78. The molecule has 2 heterocycles. The normalized spacial score (nSPS) is 10.9. The largest absolute Gasteiger partial charge is 0.494 e. The molecule has 0 atom stereocenters. The standard InChI is InChI=1S/C18H21N5O3/c1-4-8-22-16-13(9-12(11-24)10-15(16)26-3)20-18(22)21-17(25)14-6-7-19-23(14)5-2/h6-7,9-11H,4-5,8H2,1-3H3,(H,20,21,25). The van der Waals surface area contributed by atoms with E-state index in [-0.39, 0.29) is 5.91 Å². The van der Waals surface area contributed by atoms with Crippen molar-refractivity contribution in [1.29, 1.82) is 0 Å². The monoisotopic (exact) mass is 355 g/mol. The molecule has 3 rings (SSSR count). The molecule has 0 bridgehead atoms. The number of carbonyl (C=O) groups excluding carboxylic acids is 2. The quantitative estimate of drug-likeness (QED) is 0.658. The number of aldehydes is 1. The van der Waals surface area contributed by atoms with Crippen molar-refractivity contribution in [2.75, 3.05) is 12.4 Å². The summed E-state index contributed by atoms with van der Waals surface area (Å²) >= 11 is 0. The predicted octanol–water partition coefficient (Wildman–Crippen LogP) is 2.74. The number of rotatable bonds is 7. The third-order valence-corrected chi connectivity index (χ3v) is 4.11. The van der Waals surface area contributed by atoms with Crippen molar-refractivity contribution in [2.45, 2.75) is 33.4 Å². The van der Waals surface area contributed by atoms with Crippen molar-refractivity contribution in [3.8, 4) is 5.75 Å². The third kappa shape index (κ3) is 3.05. The fraction of sp³-hybridized carbons (Fsp3) is 0.333. The number of hydrogen-bond acceptors (Lipinski definition) is 5. The SMILES string of the molecule is CCCn1c(NC(=O)c2ccnn2CC)nc2cc(C=O)cc(OC)c21. The van der Waals surface area contributed by atoms with E-state index in [1.807, 2.05) is 18.4 Å². The summed E-state index contributed by atoms with van der Waals surface area (Å²) in [5.74, 6) is 0.674. The summed E-state index contributed by atoms with van der Waals surface area (Å²) in [6, 6.07) is 5.01. The molecule has 0 aliphatic rings. The van der Waals surface area contributed by atoms with Gasteiger partial charge in [-0.2, -0.15) is 5.10 Å². The topological polar surface area (TPSA) is 91.0 Å². The Bertz CT molecular complexity index is 957. The number of imidazole rings is 1. The highest BCUT2D eigenvalue weighted by Crippen LogP contribution is 2.30. The maximum absolute atomic E-state index is 12.7. The number of hydrogen-bond donors (Lipinski definition) is 1. The van der Waals surface area contributed by atoms with Gasteiger partial charge in [0, 0.05) is 24.8 Å². The molecule has 0 aliphatic carbocycles. The lowest BCUT2D eigenvalue weighted by Crippen LogP contribution is -2.20. The Balaban J connectivity index is 2.08. The van der Waals surface area contributed by atoms with E-state index < -0.39 is 0 Å². The first-order valence-corrected chi connectivity index (χ1v) is 8.49. The molecule has 1 amide bonds. The van der Waals surface area contributed by atoms with Gasteiger partial charge in [0.05, 0.1) is 12.6 Å². The summed E-state index contributed by atoms with van der Waals surface area (Å²) < 4.78 is 8.95. The first kappa shape index (κ1) is 17.7. The maximum atomic E-state index is 12.7. The van der Waals surface area contributed by atoms with Crippen LogP contribution in [0, 0.1) is 0 Å². The summed E-state index contributed by atoms with van der Waals surface area (Å²) in [4.78, 5) is 28.3. The number of fused-ring (bicyclic) bond motifs is 1. The number of carbonyl (C=O) groups is 2. The molecule has 1 aromatic carbocycles. The third-order valence-electron chi connectivity index (χ3n) is 4.11. The van der Waals surface area contributed by atoms with Gasteiger partial charge in [-0.3, -0.25) is 19.6 Å². The average Bonchev–Trinajstić information content (AvgIpc) is 3.26. The number of ether oxygens (including phenoxy) is 1. The van der Waals surface area contributed by atoms with Gasteiger partial charge < -0.3 is 9.30 Å². The van der Waals surface area contributed by atoms with E-state index in [4.69, 9.17) is 4.74 Å². The Labute approximate surface area is 150 Å². The number of amides is 1. The van der Waals surface area contributed by atoms with Crippen molar-refractivity contribution in [3.05, 3.63) is 35.7 Å². The molecule has 136 valence electrons. The molecule has 0 spiro atoms. The van der Waals surface area contributed by atoms with E-state index in [0.29, 0.717) is 41.6 Å². The first-order chi connectivity index (χ1) is 12.6. The van der Waals surface area contributed by atoms with E-state index in [1.54, 1.807) is 36.2 Å². The lowest BCUT2D eigenvalue weighted by molar-refractivity contribution is 0.101. The summed E-state index contributed by atoms with van der Waals surface area (Å²) in [5.41, 5.74) is 2.28. The Morgan fingerprint density at radius 3 is 2.81 bits per heavy atom. The van der Waals surface area contributed by atoms with E-state index in [9.17, 15) is 9.59 Å². The Kier molecular flexibility index (Phi) is 5.01. The predicted molar refractivity (Wildman–Crippen MR) is 97.8 cm³/mol. The molecule has 26 heavy (non-hydrogen) atoms. The zero-order chi connectivity index (χ0) is 18.7. The number of nitrogens with zero attached hydrogens (tertiary/aromatic N) is 4. The fourth-order valence-electron chi connectivity index (χ4n) is 2.95. The molecule has 8 nitrogen and oxygen atoms in total. The van der Waals surface area contributed by atoms with Crippen LogP contribution < -0.4 is 10.1 Å². The van der Waals surface area contributed by atoms with Crippen molar-refractivity contribution in [3.63, 3.8) is 0 Å². The van der Waals surface area contributed by atoms with Gasteiger partial charge >= 0.3 is 0 Å². The highest BCUT2D eigenvalue weighted by molar-refractivity contribution is 6.03. The van der Waals surface area contributed by atoms with Crippen LogP contribution in [-0.4, -0.2) is 38.6 Å². The lowest BCUT2D eigenvalue weighted by Gasteiger charge is -2.11. The summed E-state index contributed by atoms with van der Waals surface area (Å²) in [7, 11) is 1.55. The molecule has 1 N–H and O–H groups in total. The second-order valence-electron chi connectivity index (χ2n) is 5.78. The zero-order valence-electron chi connectivity index (χ0n) is 15.0. The molecular weight excluding hydrogens is 334 g/mol.